The fourth-order valence-electron chi connectivity index (χ4n) is 3.32. The fourth-order valence-corrected chi connectivity index (χ4v) is 4.39. The third-order valence-electron chi connectivity index (χ3n) is 4.39. The van der Waals surface area contributed by atoms with Gasteiger partial charge in [-0.15, -0.1) is 11.3 Å². The largest absolute Gasteiger partial charge is 0.337 e. The zero-order valence-corrected chi connectivity index (χ0v) is 12.2. The summed E-state index contributed by atoms with van der Waals surface area (Å²) in [5.74, 6) is 0.334. The van der Waals surface area contributed by atoms with Gasteiger partial charge in [0.1, 0.15) is 0 Å². The van der Waals surface area contributed by atoms with Gasteiger partial charge < -0.3 is 10.6 Å². The van der Waals surface area contributed by atoms with Crippen LogP contribution in [0.2, 0.25) is 0 Å². The molecule has 2 saturated heterocycles. The summed E-state index contributed by atoms with van der Waals surface area (Å²) in [6.07, 6.45) is 1.74. The van der Waals surface area contributed by atoms with Crippen molar-refractivity contribution in [2.75, 3.05) is 26.2 Å². The Labute approximate surface area is 118 Å². The lowest BCUT2D eigenvalue weighted by Crippen LogP contribution is -2.53. The number of thiophene rings is 1. The molecule has 1 aromatic heterocycles. The van der Waals surface area contributed by atoms with E-state index in [2.05, 4.69) is 28.2 Å². The molecule has 4 nitrogen and oxygen atoms in total. The summed E-state index contributed by atoms with van der Waals surface area (Å²) < 4.78 is 0. The van der Waals surface area contributed by atoms with Crippen LogP contribution in [0.1, 0.15) is 29.3 Å². The van der Waals surface area contributed by atoms with Crippen LogP contribution in [0, 0.1) is 6.92 Å². The van der Waals surface area contributed by atoms with Crippen molar-refractivity contribution in [3.05, 3.63) is 21.9 Å². The second kappa shape index (κ2) is 5.23. The Balaban J connectivity index is 1.75. The molecule has 2 atom stereocenters. The van der Waals surface area contributed by atoms with Crippen LogP contribution >= 0.6 is 11.3 Å². The van der Waals surface area contributed by atoms with Gasteiger partial charge in [0.05, 0.1) is 6.04 Å². The third kappa shape index (κ3) is 2.30. The average Bonchev–Trinajstić information content (AvgIpc) is 2.99. The second-order valence-electron chi connectivity index (χ2n) is 5.49. The van der Waals surface area contributed by atoms with Crippen LogP contribution in [0.25, 0.3) is 0 Å². The second-order valence-corrected chi connectivity index (χ2v) is 6.44. The smallest absolute Gasteiger partial charge is 0.222 e. The minimum absolute atomic E-state index is 0.317. The van der Waals surface area contributed by atoms with Crippen molar-refractivity contribution in [2.45, 2.75) is 31.8 Å². The predicted octanol–water partition coefficient (Wildman–Crippen LogP) is 1.36. The molecule has 2 aliphatic rings. The Bertz CT molecular complexity index is 473. The maximum atomic E-state index is 11.7. The predicted molar refractivity (Wildman–Crippen MR) is 77.2 cm³/mol. The van der Waals surface area contributed by atoms with E-state index in [9.17, 15) is 4.79 Å². The molecule has 0 radical (unpaired) electrons. The van der Waals surface area contributed by atoms with E-state index in [0.29, 0.717) is 24.5 Å². The number of hydrogen-bond donors (Lipinski definition) is 1. The van der Waals surface area contributed by atoms with Crippen LogP contribution in [0.4, 0.5) is 0 Å². The molecular formula is C14H21N3OS. The number of aryl methyl sites for hydroxylation is 1. The number of amides is 1. The summed E-state index contributed by atoms with van der Waals surface area (Å²) in [7, 11) is 0. The molecule has 19 heavy (non-hydrogen) atoms. The molecule has 2 unspecified atom stereocenters. The molecule has 2 N–H and O–H groups in total. The zero-order chi connectivity index (χ0) is 13.4. The van der Waals surface area contributed by atoms with Gasteiger partial charge in [-0.2, -0.15) is 0 Å². The molecule has 1 amide bonds. The summed E-state index contributed by atoms with van der Waals surface area (Å²) in [5, 5.41) is 2.14. The van der Waals surface area contributed by atoms with E-state index in [4.69, 9.17) is 5.73 Å². The molecule has 1 aromatic rings. The molecule has 0 spiro atoms. The van der Waals surface area contributed by atoms with Crippen LogP contribution in [-0.2, 0) is 4.79 Å². The monoisotopic (exact) mass is 279 g/mol. The summed E-state index contributed by atoms with van der Waals surface area (Å²) >= 11 is 1.80. The molecule has 104 valence electrons. The first kappa shape index (κ1) is 13.1. The van der Waals surface area contributed by atoms with E-state index in [-0.39, 0.29) is 0 Å². The molecule has 0 saturated carbocycles. The van der Waals surface area contributed by atoms with Crippen molar-refractivity contribution in [3.63, 3.8) is 0 Å². The van der Waals surface area contributed by atoms with Gasteiger partial charge >= 0.3 is 0 Å². The lowest BCUT2D eigenvalue weighted by atomic mass is 10.1. The highest BCUT2D eigenvalue weighted by Crippen LogP contribution is 2.32. The number of hydrogen-bond acceptors (Lipinski definition) is 4. The van der Waals surface area contributed by atoms with Crippen LogP contribution in [0.3, 0.4) is 0 Å². The number of carbonyl (C=O) groups excluding carboxylic acids is 1. The summed E-state index contributed by atoms with van der Waals surface area (Å²) in [6.45, 7) is 5.60. The number of nitrogens with two attached hydrogens (primary N) is 1. The highest BCUT2D eigenvalue weighted by Gasteiger charge is 2.37. The molecule has 0 bridgehead atoms. The van der Waals surface area contributed by atoms with Gasteiger partial charge in [0, 0.05) is 43.5 Å². The molecular weight excluding hydrogens is 258 g/mol. The lowest BCUT2D eigenvalue weighted by Gasteiger charge is -2.41. The molecule has 2 fully saturated rings. The van der Waals surface area contributed by atoms with E-state index in [1.54, 1.807) is 11.3 Å². The van der Waals surface area contributed by atoms with Gasteiger partial charge in [0.15, 0.2) is 0 Å². The highest BCUT2D eigenvalue weighted by molar-refractivity contribution is 7.10. The third-order valence-corrected chi connectivity index (χ3v) is 5.51. The molecule has 2 aliphatic heterocycles. The average molecular weight is 279 g/mol. The van der Waals surface area contributed by atoms with E-state index in [0.717, 1.165) is 32.5 Å². The Morgan fingerprint density at radius 1 is 1.53 bits per heavy atom. The van der Waals surface area contributed by atoms with E-state index in [1.807, 2.05) is 0 Å². The van der Waals surface area contributed by atoms with Crippen LogP contribution in [-0.4, -0.2) is 47.9 Å². The van der Waals surface area contributed by atoms with E-state index >= 15 is 0 Å². The molecule has 0 aliphatic carbocycles. The van der Waals surface area contributed by atoms with E-state index in [1.165, 1.54) is 10.4 Å². The first-order valence-electron chi connectivity index (χ1n) is 6.98. The van der Waals surface area contributed by atoms with Crippen LogP contribution < -0.4 is 5.73 Å². The maximum absolute atomic E-state index is 11.7. The number of piperazine rings is 1. The molecule has 0 aromatic carbocycles. The Kier molecular flexibility index (Phi) is 3.60. The summed E-state index contributed by atoms with van der Waals surface area (Å²) in [5.41, 5.74) is 7.35. The first-order chi connectivity index (χ1) is 9.20. The van der Waals surface area contributed by atoms with Gasteiger partial charge in [-0.05, 0) is 30.4 Å². The normalized spacial score (nSPS) is 25.7. The molecule has 3 rings (SSSR count). The Morgan fingerprint density at radius 3 is 3.05 bits per heavy atom. The van der Waals surface area contributed by atoms with Crippen molar-refractivity contribution in [1.82, 2.24) is 9.80 Å². The number of fused-ring (bicyclic) bond motifs is 1. The van der Waals surface area contributed by atoms with Crippen molar-refractivity contribution in [1.29, 1.82) is 0 Å². The Morgan fingerprint density at radius 2 is 2.37 bits per heavy atom. The van der Waals surface area contributed by atoms with Gasteiger partial charge in [-0.3, -0.25) is 9.69 Å². The standard InChI is InChI=1S/C14H21N3OS/c1-10-4-7-19-14(10)12(8-15)16-5-6-17-11(9-16)2-3-13(17)18/h4,7,11-12H,2-3,5-6,8-9,15H2,1H3. The van der Waals surface area contributed by atoms with Gasteiger partial charge in [-0.25, -0.2) is 0 Å². The minimum Gasteiger partial charge on any atom is -0.337 e. The Hall–Kier alpha value is -0.910. The first-order valence-corrected chi connectivity index (χ1v) is 7.86. The summed E-state index contributed by atoms with van der Waals surface area (Å²) in [4.78, 5) is 17.6. The number of carbonyl (C=O) groups is 1. The quantitative estimate of drug-likeness (QED) is 0.909. The minimum atomic E-state index is 0.317. The van der Waals surface area contributed by atoms with Crippen molar-refractivity contribution in [3.8, 4) is 0 Å². The van der Waals surface area contributed by atoms with E-state index < -0.39 is 0 Å². The summed E-state index contributed by atoms with van der Waals surface area (Å²) in [6, 6.07) is 2.89. The van der Waals surface area contributed by atoms with Gasteiger partial charge in [0.2, 0.25) is 5.91 Å². The fraction of sp³-hybridized carbons (Fsp3) is 0.643. The number of nitrogens with zero attached hydrogens (tertiary/aromatic N) is 2. The lowest BCUT2D eigenvalue weighted by molar-refractivity contribution is -0.131. The topological polar surface area (TPSA) is 49.6 Å². The van der Waals surface area contributed by atoms with Gasteiger partial charge in [0.25, 0.3) is 0 Å². The number of rotatable bonds is 3. The van der Waals surface area contributed by atoms with Crippen LogP contribution in [0.15, 0.2) is 11.4 Å². The SMILES string of the molecule is Cc1ccsc1C(CN)N1CCN2C(=O)CCC2C1. The maximum Gasteiger partial charge on any atom is 0.222 e. The van der Waals surface area contributed by atoms with Gasteiger partial charge in [-0.1, -0.05) is 0 Å². The molecule has 3 heterocycles. The van der Waals surface area contributed by atoms with Crippen LogP contribution in [0.5, 0.6) is 0 Å². The molecule has 5 heteroatoms. The zero-order valence-electron chi connectivity index (χ0n) is 11.3. The van der Waals surface area contributed by atoms with Crippen molar-refractivity contribution in [2.24, 2.45) is 5.73 Å². The van der Waals surface area contributed by atoms with Crippen molar-refractivity contribution < 1.29 is 4.79 Å². The van der Waals surface area contributed by atoms with Crippen molar-refractivity contribution >= 4 is 17.2 Å². The highest BCUT2D eigenvalue weighted by atomic mass is 32.1.